The highest BCUT2D eigenvalue weighted by Gasteiger charge is 2.20. The molecule has 0 saturated carbocycles. The van der Waals surface area contributed by atoms with Gasteiger partial charge in [0.25, 0.3) is 5.97 Å². The summed E-state index contributed by atoms with van der Waals surface area (Å²) in [6.07, 6.45) is 0.222. The Morgan fingerprint density at radius 3 is 2.00 bits per heavy atom. The molecule has 0 aromatic heterocycles. The van der Waals surface area contributed by atoms with Crippen LogP contribution >= 0.6 is 0 Å². The van der Waals surface area contributed by atoms with Crippen molar-refractivity contribution in [3.05, 3.63) is 0 Å². The molecule has 0 aliphatic carbocycles. The average molecular weight is 218 g/mol. The summed E-state index contributed by atoms with van der Waals surface area (Å²) in [6, 6.07) is 0. The maximum absolute atomic E-state index is 11.2. The van der Waals surface area contributed by atoms with Gasteiger partial charge in [0, 0.05) is 0 Å². The van der Waals surface area contributed by atoms with Gasteiger partial charge in [0.2, 0.25) is 8.32 Å². The van der Waals surface area contributed by atoms with Crippen LogP contribution in [0.25, 0.3) is 0 Å². The topological polar surface area (TPSA) is 52.6 Å². The van der Waals surface area contributed by atoms with Crippen molar-refractivity contribution in [3.8, 4) is 0 Å². The molecule has 0 aromatic carbocycles. The molecule has 5 heteroatoms. The van der Waals surface area contributed by atoms with Gasteiger partial charge < -0.3 is 9.16 Å². The normalized spacial score (nSPS) is 10.9. The Morgan fingerprint density at radius 1 is 1.07 bits per heavy atom. The summed E-state index contributed by atoms with van der Waals surface area (Å²) in [5, 5.41) is 0. The Labute approximate surface area is 85.7 Å². The minimum absolute atomic E-state index is 0.108. The zero-order valence-corrected chi connectivity index (χ0v) is 10.3. The number of carbonyl (C=O) groups excluding carboxylic acids is 2. The van der Waals surface area contributed by atoms with Gasteiger partial charge in [-0.1, -0.05) is 0 Å². The van der Waals surface area contributed by atoms with Crippen LogP contribution in [-0.4, -0.2) is 26.9 Å². The van der Waals surface area contributed by atoms with Gasteiger partial charge in [0.05, 0.1) is 19.4 Å². The van der Waals surface area contributed by atoms with Gasteiger partial charge in [-0.3, -0.25) is 9.59 Å². The first kappa shape index (κ1) is 13.2. The quantitative estimate of drug-likeness (QED) is 0.520. The van der Waals surface area contributed by atoms with E-state index < -0.39 is 8.32 Å². The van der Waals surface area contributed by atoms with Gasteiger partial charge in [0.1, 0.15) is 0 Å². The van der Waals surface area contributed by atoms with Crippen LogP contribution in [0.2, 0.25) is 19.6 Å². The Kier molecular flexibility index (Phi) is 5.45. The predicted molar refractivity (Wildman–Crippen MR) is 55.3 cm³/mol. The van der Waals surface area contributed by atoms with E-state index >= 15 is 0 Å². The van der Waals surface area contributed by atoms with Crippen molar-refractivity contribution in [2.75, 3.05) is 6.61 Å². The number of rotatable bonds is 5. The zero-order chi connectivity index (χ0) is 11.2. The lowest BCUT2D eigenvalue weighted by Gasteiger charge is -2.16. The van der Waals surface area contributed by atoms with Crippen LogP contribution in [0.1, 0.15) is 19.8 Å². The monoisotopic (exact) mass is 218 g/mol. The summed E-state index contributed by atoms with van der Waals surface area (Å²) in [4.78, 5) is 22.1. The second-order valence-electron chi connectivity index (χ2n) is 3.89. The van der Waals surface area contributed by atoms with Gasteiger partial charge in [-0.2, -0.15) is 0 Å². The zero-order valence-electron chi connectivity index (χ0n) is 9.25. The molecule has 0 unspecified atom stereocenters. The summed E-state index contributed by atoms with van der Waals surface area (Å²) in [5.74, 6) is -0.655. The van der Waals surface area contributed by atoms with Crippen LogP contribution in [0, 0.1) is 0 Å². The smallest absolute Gasteiger partial charge is 0.306 e. The fraction of sp³-hybridized carbons (Fsp3) is 0.778. The van der Waals surface area contributed by atoms with Crippen molar-refractivity contribution in [3.63, 3.8) is 0 Å². The first-order valence-corrected chi connectivity index (χ1v) is 8.13. The maximum atomic E-state index is 11.2. The number of ether oxygens (including phenoxy) is 1. The number of esters is 1. The number of carbonyl (C=O) groups is 2. The third kappa shape index (κ3) is 7.79. The van der Waals surface area contributed by atoms with Gasteiger partial charge in [-0.15, -0.1) is 0 Å². The van der Waals surface area contributed by atoms with Gasteiger partial charge in [0.15, 0.2) is 0 Å². The second kappa shape index (κ2) is 5.80. The van der Waals surface area contributed by atoms with Crippen molar-refractivity contribution in [2.45, 2.75) is 39.4 Å². The minimum Gasteiger partial charge on any atom is -0.520 e. The molecular weight excluding hydrogens is 200 g/mol. The predicted octanol–water partition coefficient (Wildman–Crippen LogP) is 1.71. The third-order valence-electron chi connectivity index (χ3n) is 1.26. The van der Waals surface area contributed by atoms with E-state index in [2.05, 4.69) is 4.74 Å². The molecule has 4 nitrogen and oxygen atoms in total. The standard InChI is InChI=1S/C9H18O4Si/c1-5-12-8(10)6-7-9(11)13-14(2,3)4/h5-7H2,1-4H3. The molecule has 0 aliphatic heterocycles. The molecule has 0 atom stereocenters. The highest BCUT2D eigenvalue weighted by atomic mass is 28.4. The molecule has 0 amide bonds. The SMILES string of the molecule is CCOC(=O)CCC(=O)O[Si](C)(C)C. The van der Waals surface area contributed by atoms with Gasteiger partial charge >= 0.3 is 5.97 Å². The average Bonchev–Trinajstić information content (AvgIpc) is 1.98. The summed E-state index contributed by atoms with van der Waals surface area (Å²) in [6.45, 7) is 7.86. The molecule has 0 bridgehead atoms. The first-order valence-electron chi connectivity index (χ1n) is 4.72. The van der Waals surface area contributed by atoms with Gasteiger partial charge in [-0.25, -0.2) is 0 Å². The van der Waals surface area contributed by atoms with Crippen LogP contribution in [0.3, 0.4) is 0 Å². The fourth-order valence-electron chi connectivity index (χ4n) is 0.830. The van der Waals surface area contributed by atoms with Crippen LogP contribution in [0.4, 0.5) is 0 Å². The van der Waals surface area contributed by atoms with Crippen molar-refractivity contribution >= 4 is 20.3 Å². The molecule has 0 saturated heterocycles. The Morgan fingerprint density at radius 2 is 1.57 bits per heavy atom. The maximum Gasteiger partial charge on any atom is 0.306 e. The molecule has 0 heterocycles. The van der Waals surface area contributed by atoms with E-state index in [1.165, 1.54) is 0 Å². The first-order chi connectivity index (χ1) is 6.35. The molecule has 82 valence electrons. The van der Waals surface area contributed by atoms with E-state index in [0.717, 1.165) is 0 Å². The van der Waals surface area contributed by atoms with E-state index in [1.807, 2.05) is 19.6 Å². The highest BCUT2D eigenvalue weighted by Crippen LogP contribution is 2.06. The Balaban J connectivity index is 3.70. The van der Waals surface area contributed by atoms with Crippen molar-refractivity contribution < 1.29 is 18.8 Å². The largest absolute Gasteiger partial charge is 0.520 e. The van der Waals surface area contributed by atoms with Crippen molar-refractivity contribution in [1.82, 2.24) is 0 Å². The summed E-state index contributed by atoms with van der Waals surface area (Å²) in [7, 11) is -1.81. The van der Waals surface area contributed by atoms with Crippen LogP contribution in [0.15, 0.2) is 0 Å². The van der Waals surface area contributed by atoms with Crippen LogP contribution < -0.4 is 0 Å². The second-order valence-corrected chi connectivity index (χ2v) is 8.32. The molecule has 0 rings (SSSR count). The number of hydrogen-bond acceptors (Lipinski definition) is 4. The van der Waals surface area contributed by atoms with E-state index in [1.54, 1.807) is 6.92 Å². The molecule has 0 fully saturated rings. The molecular formula is C9H18O4Si. The lowest BCUT2D eigenvalue weighted by molar-refractivity contribution is -0.146. The third-order valence-corrected chi connectivity index (χ3v) is 2.10. The van der Waals surface area contributed by atoms with E-state index in [-0.39, 0.29) is 24.8 Å². The minimum atomic E-state index is -1.81. The van der Waals surface area contributed by atoms with Gasteiger partial charge in [-0.05, 0) is 26.6 Å². The van der Waals surface area contributed by atoms with E-state index in [4.69, 9.17) is 4.43 Å². The molecule has 0 radical (unpaired) electrons. The van der Waals surface area contributed by atoms with Crippen LogP contribution in [0.5, 0.6) is 0 Å². The van der Waals surface area contributed by atoms with E-state index in [9.17, 15) is 9.59 Å². The lowest BCUT2D eigenvalue weighted by atomic mass is 10.3. The van der Waals surface area contributed by atoms with Crippen molar-refractivity contribution in [1.29, 1.82) is 0 Å². The summed E-state index contributed by atoms with van der Waals surface area (Å²) < 4.78 is 9.85. The lowest BCUT2D eigenvalue weighted by Crippen LogP contribution is -2.29. The van der Waals surface area contributed by atoms with Crippen molar-refractivity contribution in [2.24, 2.45) is 0 Å². The highest BCUT2D eigenvalue weighted by molar-refractivity contribution is 6.71. The van der Waals surface area contributed by atoms with E-state index in [0.29, 0.717) is 6.61 Å². The summed E-state index contributed by atoms with van der Waals surface area (Å²) >= 11 is 0. The summed E-state index contributed by atoms with van der Waals surface area (Å²) in [5.41, 5.74) is 0. The molecule has 0 spiro atoms. The number of hydrogen-bond donors (Lipinski definition) is 0. The molecule has 0 aromatic rings. The Bertz CT molecular complexity index is 207. The fourth-order valence-corrected chi connectivity index (χ4v) is 1.61. The Hall–Kier alpha value is -0.843. The molecule has 0 N–H and O–H groups in total. The van der Waals surface area contributed by atoms with Crippen LogP contribution in [-0.2, 0) is 18.8 Å². The molecule has 0 aliphatic rings. The molecule has 14 heavy (non-hydrogen) atoms.